The van der Waals surface area contributed by atoms with E-state index in [9.17, 15) is 13.2 Å². The largest absolute Gasteiger partial charge is 0.329 e. The zero-order valence-corrected chi connectivity index (χ0v) is 10.8. The number of rotatable bonds is 4. The van der Waals surface area contributed by atoms with Crippen LogP contribution in [0, 0.1) is 0 Å². The predicted molar refractivity (Wildman–Crippen MR) is 67.8 cm³/mol. The van der Waals surface area contributed by atoms with E-state index in [0.717, 1.165) is 11.3 Å². The van der Waals surface area contributed by atoms with Gasteiger partial charge in [0.15, 0.2) is 0 Å². The van der Waals surface area contributed by atoms with E-state index in [1.807, 2.05) is 0 Å². The van der Waals surface area contributed by atoms with Crippen LogP contribution in [0.15, 0.2) is 23.1 Å². The van der Waals surface area contributed by atoms with Crippen LogP contribution >= 0.6 is 0 Å². The fourth-order valence-electron chi connectivity index (χ4n) is 1.89. The number of carbonyl (C=O) groups excluding carboxylic acids is 1. The molecule has 1 aliphatic rings. The first-order valence-electron chi connectivity index (χ1n) is 5.55. The van der Waals surface area contributed by atoms with Crippen LogP contribution in [-0.2, 0) is 21.2 Å². The first kappa shape index (κ1) is 13.0. The molecule has 0 radical (unpaired) electrons. The van der Waals surface area contributed by atoms with Crippen molar-refractivity contribution in [3.05, 3.63) is 23.8 Å². The topological polar surface area (TPSA) is 92.5 Å². The number of sulfonamides is 1. The number of nitrogens with zero attached hydrogens (tertiary/aromatic N) is 1. The minimum absolute atomic E-state index is 0.0329. The summed E-state index contributed by atoms with van der Waals surface area (Å²) >= 11 is 0. The molecule has 0 aromatic heterocycles. The molecule has 1 amide bonds. The minimum Gasteiger partial charge on any atom is -0.329 e. The third-order valence-corrected chi connectivity index (χ3v) is 4.33. The van der Waals surface area contributed by atoms with Gasteiger partial charge in [0, 0.05) is 25.8 Å². The monoisotopic (exact) mass is 269 g/mol. The van der Waals surface area contributed by atoms with Crippen LogP contribution in [-0.4, -0.2) is 34.5 Å². The van der Waals surface area contributed by atoms with Gasteiger partial charge in [-0.25, -0.2) is 13.1 Å². The summed E-state index contributed by atoms with van der Waals surface area (Å²) in [6, 6.07) is 4.68. The Morgan fingerprint density at radius 1 is 1.44 bits per heavy atom. The maximum Gasteiger partial charge on any atom is 0.240 e. The Balaban J connectivity index is 2.34. The Hall–Kier alpha value is -1.44. The van der Waals surface area contributed by atoms with Crippen LogP contribution in [0.2, 0.25) is 0 Å². The number of amides is 1. The number of anilines is 1. The lowest BCUT2D eigenvalue weighted by Crippen LogP contribution is -2.29. The molecule has 1 aliphatic heterocycles. The molecule has 2 rings (SSSR count). The molecule has 0 spiro atoms. The zero-order chi connectivity index (χ0) is 13.3. The van der Waals surface area contributed by atoms with Crippen LogP contribution < -0.4 is 15.4 Å². The number of hydrogen-bond donors (Lipinski definition) is 2. The van der Waals surface area contributed by atoms with Gasteiger partial charge in [0.2, 0.25) is 15.9 Å². The molecule has 0 fully saturated rings. The lowest BCUT2D eigenvalue weighted by Gasteiger charge is -2.11. The Bertz CT molecular complexity index is 583. The second-order valence-corrected chi connectivity index (χ2v) is 5.87. The fraction of sp³-hybridized carbons (Fsp3) is 0.364. The van der Waals surface area contributed by atoms with Gasteiger partial charge in [0.25, 0.3) is 0 Å². The van der Waals surface area contributed by atoms with Crippen molar-refractivity contribution in [2.45, 2.75) is 11.3 Å². The van der Waals surface area contributed by atoms with Crippen molar-refractivity contribution in [3.63, 3.8) is 0 Å². The lowest BCUT2D eigenvalue weighted by atomic mass is 10.2. The van der Waals surface area contributed by atoms with Gasteiger partial charge in [0.1, 0.15) is 0 Å². The van der Waals surface area contributed by atoms with Gasteiger partial charge in [-0.05, 0) is 23.8 Å². The molecule has 0 saturated carbocycles. The zero-order valence-electron chi connectivity index (χ0n) is 10.0. The third-order valence-electron chi connectivity index (χ3n) is 2.87. The van der Waals surface area contributed by atoms with E-state index >= 15 is 0 Å². The summed E-state index contributed by atoms with van der Waals surface area (Å²) in [6.45, 7) is 0.434. The number of hydrogen-bond acceptors (Lipinski definition) is 4. The number of nitrogens with one attached hydrogen (secondary N) is 1. The normalized spacial score (nSPS) is 15.0. The summed E-state index contributed by atoms with van der Waals surface area (Å²) < 4.78 is 26.2. The van der Waals surface area contributed by atoms with Crippen molar-refractivity contribution in [1.82, 2.24) is 4.72 Å². The van der Waals surface area contributed by atoms with Crippen molar-refractivity contribution < 1.29 is 13.2 Å². The molecule has 3 N–H and O–H groups in total. The smallest absolute Gasteiger partial charge is 0.240 e. The molecule has 1 aromatic carbocycles. The Labute approximate surface area is 106 Å². The van der Waals surface area contributed by atoms with Crippen molar-refractivity contribution >= 4 is 21.6 Å². The van der Waals surface area contributed by atoms with Crippen LogP contribution in [0.3, 0.4) is 0 Å². The van der Waals surface area contributed by atoms with Crippen molar-refractivity contribution in [2.24, 2.45) is 5.73 Å². The first-order chi connectivity index (χ1) is 8.45. The average Bonchev–Trinajstić information content (AvgIpc) is 2.62. The molecule has 98 valence electrons. The maximum atomic E-state index is 11.9. The van der Waals surface area contributed by atoms with Gasteiger partial charge in [-0.3, -0.25) is 4.79 Å². The molecule has 18 heavy (non-hydrogen) atoms. The molecule has 0 bridgehead atoms. The molecule has 1 heterocycles. The van der Waals surface area contributed by atoms with E-state index in [0.29, 0.717) is 0 Å². The lowest BCUT2D eigenvalue weighted by molar-refractivity contribution is -0.117. The average molecular weight is 269 g/mol. The molecule has 6 nitrogen and oxygen atoms in total. The SMILES string of the molecule is CN1C(=O)Cc2cc(S(=O)(=O)NCCN)ccc21. The van der Waals surface area contributed by atoms with E-state index in [2.05, 4.69) is 4.72 Å². The molecular weight excluding hydrogens is 254 g/mol. The Morgan fingerprint density at radius 3 is 2.83 bits per heavy atom. The maximum absolute atomic E-state index is 11.9. The van der Waals surface area contributed by atoms with Crippen molar-refractivity contribution in [3.8, 4) is 0 Å². The van der Waals surface area contributed by atoms with E-state index in [4.69, 9.17) is 5.73 Å². The summed E-state index contributed by atoms with van der Waals surface area (Å²) in [5.41, 5.74) is 6.76. The first-order valence-corrected chi connectivity index (χ1v) is 7.03. The molecule has 1 aromatic rings. The summed E-state index contributed by atoms with van der Waals surface area (Å²) in [6.07, 6.45) is 0.242. The number of nitrogens with two attached hydrogens (primary N) is 1. The van der Waals surface area contributed by atoms with Crippen LogP contribution in [0.4, 0.5) is 5.69 Å². The molecule has 0 saturated heterocycles. The summed E-state index contributed by atoms with van der Waals surface area (Å²) in [5, 5.41) is 0. The van der Waals surface area contributed by atoms with E-state index in [1.54, 1.807) is 13.1 Å². The highest BCUT2D eigenvalue weighted by atomic mass is 32.2. The molecule has 7 heteroatoms. The van der Waals surface area contributed by atoms with Crippen LogP contribution in [0.25, 0.3) is 0 Å². The number of likely N-dealkylation sites (N-methyl/N-ethyl adjacent to an activating group) is 1. The fourth-order valence-corrected chi connectivity index (χ4v) is 2.99. The van der Waals surface area contributed by atoms with Gasteiger partial charge in [-0.15, -0.1) is 0 Å². The van der Waals surface area contributed by atoms with Gasteiger partial charge in [-0.1, -0.05) is 0 Å². The number of fused-ring (bicyclic) bond motifs is 1. The highest BCUT2D eigenvalue weighted by Crippen LogP contribution is 2.29. The molecule has 0 unspecified atom stereocenters. The second-order valence-electron chi connectivity index (χ2n) is 4.11. The van der Waals surface area contributed by atoms with E-state index < -0.39 is 10.0 Å². The van der Waals surface area contributed by atoms with Gasteiger partial charge in [-0.2, -0.15) is 0 Å². The molecule has 0 aliphatic carbocycles. The molecule has 0 atom stereocenters. The Kier molecular flexibility index (Phi) is 3.38. The van der Waals surface area contributed by atoms with E-state index in [1.165, 1.54) is 17.0 Å². The van der Waals surface area contributed by atoms with Gasteiger partial charge in [0.05, 0.1) is 11.3 Å². The predicted octanol–water partition coefficient (Wildman–Crippen LogP) is -0.557. The van der Waals surface area contributed by atoms with Gasteiger partial charge < -0.3 is 10.6 Å². The second kappa shape index (κ2) is 4.68. The minimum atomic E-state index is -3.54. The van der Waals surface area contributed by atoms with Crippen LogP contribution in [0.1, 0.15) is 5.56 Å². The number of carbonyl (C=O) groups is 1. The highest BCUT2D eigenvalue weighted by Gasteiger charge is 2.25. The summed E-state index contributed by atoms with van der Waals surface area (Å²) in [5.74, 6) is -0.0329. The Morgan fingerprint density at radius 2 is 2.17 bits per heavy atom. The summed E-state index contributed by atoms with van der Waals surface area (Å²) in [7, 11) is -1.86. The van der Waals surface area contributed by atoms with E-state index in [-0.39, 0.29) is 30.3 Å². The third kappa shape index (κ3) is 2.24. The quantitative estimate of drug-likeness (QED) is 0.766. The highest BCUT2D eigenvalue weighted by molar-refractivity contribution is 7.89. The summed E-state index contributed by atoms with van der Waals surface area (Å²) in [4.78, 5) is 13.2. The number of benzene rings is 1. The van der Waals surface area contributed by atoms with Crippen molar-refractivity contribution in [2.75, 3.05) is 25.0 Å². The standard InChI is InChI=1S/C11H15N3O3S/c1-14-10-3-2-9(6-8(10)7-11(14)15)18(16,17)13-5-4-12/h2-3,6,13H,4-5,7,12H2,1H3. The molecular formula is C11H15N3O3S. The van der Waals surface area contributed by atoms with Crippen LogP contribution in [0.5, 0.6) is 0 Å². The van der Waals surface area contributed by atoms with Gasteiger partial charge >= 0.3 is 0 Å². The van der Waals surface area contributed by atoms with Crippen molar-refractivity contribution in [1.29, 1.82) is 0 Å².